The van der Waals surface area contributed by atoms with E-state index in [-0.39, 0.29) is 24.8 Å². The number of benzene rings is 1. The van der Waals surface area contributed by atoms with Gasteiger partial charge in [0.15, 0.2) is 0 Å². The van der Waals surface area contributed by atoms with E-state index in [0.717, 1.165) is 0 Å². The predicted octanol–water partition coefficient (Wildman–Crippen LogP) is 1.75. The van der Waals surface area contributed by atoms with Crippen molar-refractivity contribution in [1.29, 1.82) is 0 Å². The van der Waals surface area contributed by atoms with Gasteiger partial charge in [0.25, 0.3) is 0 Å². The molecule has 0 saturated heterocycles. The Balaban J connectivity index is 2.02. The molecule has 0 spiro atoms. The summed E-state index contributed by atoms with van der Waals surface area (Å²) in [6, 6.07) is 5.37. The second-order valence-electron chi connectivity index (χ2n) is 5.69. The van der Waals surface area contributed by atoms with E-state index in [1.54, 1.807) is 18.2 Å². The van der Waals surface area contributed by atoms with Crippen molar-refractivity contribution in [3.05, 3.63) is 35.6 Å². The summed E-state index contributed by atoms with van der Waals surface area (Å²) in [4.78, 5) is 23.6. The van der Waals surface area contributed by atoms with Gasteiger partial charge in [-0.15, -0.1) is 0 Å². The van der Waals surface area contributed by atoms with Crippen LogP contribution < -0.4 is 5.32 Å². The first-order chi connectivity index (χ1) is 10.5. The van der Waals surface area contributed by atoms with E-state index in [9.17, 15) is 14.0 Å². The van der Waals surface area contributed by atoms with E-state index in [1.165, 1.54) is 13.2 Å². The lowest BCUT2D eigenvalue weighted by atomic mass is 9.94. The van der Waals surface area contributed by atoms with Crippen LogP contribution in [0, 0.1) is 11.2 Å². The van der Waals surface area contributed by atoms with Crippen LogP contribution in [0.1, 0.15) is 24.8 Å². The van der Waals surface area contributed by atoms with Crippen LogP contribution in [-0.2, 0) is 20.7 Å². The predicted molar refractivity (Wildman–Crippen MR) is 77.8 cm³/mol. The normalized spacial score (nSPS) is 16.8. The summed E-state index contributed by atoms with van der Waals surface area (Å²) in [5.41, 5.74) is -0.193. The molecule has 2 N–H and O–H groups in total. The van der Waals surface area contributed by atoms with Gasteiger partial charge in [-0.1, -0.05) is 18.2 Å². The van der Waals surface area contributed by atoms with E-state index >= 15 is 0 Å². The van der Waals surface area contributed by atoms with Crippen molar-refractivity contribution >= 4 is 11.9 Å². The van der Waals surface area contributed by atoms with Gasteiger partial charge in [-0.25, -0.2) is 9.18 Å². The van der Waals surface area contributed by atoms with Gasteiger partial charge in [-0.3, -0.25) is 4.79 Å². The number of nitrogens with one attached hydrogen (secondary N) is 1. The van der Waals surface area contributed by atoms with Gasteiger partial charge in [0, 0.05) is 20.1 Å². The maximum Gasteiger partial charge on any atom is 0.326 e. The van der Waals surface area contributed by atoms with Gasteiger partial charge in [0.2, 0.25) is 5.91 Å². The Bertz CT molecular complexity index is 557. The molecule has 0 bridgehead atoms. The lowest BCUT2D eigenvalue weighted by Gasteiger charge is -2.20. The Hall–Kier alpha value is -1.95. The Morgan fingerprint density at radius 3 is 2.64 bits per heavy atom. The summed E-state index contributed by atoms with van der Waals surface area (Å²) < 4.78 is 18.6. The van der Waals surface area contributed by atoms with Crippen LogP contribution in [0.5, 0.6) is 0 Å². The van der Waals surface area contributed by atoms with Gasteiger partial charge in [-0.2, -0.15) is 0 Å². The second-order valence-corrected chi connectivity index (χ2v) is 5.69. The summed E-state index contributed by atoms with van der Waals surface area (Å²) in [5, 5.41) is 11.7. The Morgan fingerprint density at radius 1 is 1.41 bits per heavy atom. The Kier molecular flexibility index (Phi) is 5.13. The van der Waals surface area contributed by atoms with Gasteiger partial charge in [-0.05, 0) is 30.9 Å². The molecule has 6 heteroatoms. The van der Waals surface area contributed by atoms with E-state index in [2.05, 4.69) is 5.32 Å². The summed E-state index contributed by atoms with van der Waals surface area (Å²) in [7, 11) is 1.47. The van der Waals surface area contributed by atoms with Crippen molar-refractivity contribution in [1.82, 2.24) is 5.32 Å². The smallest absolute Gasteiger partial charge is 0.326 e. The second kappa shape index (κ2) is 6.87. The molecule has 0 radical (unpaired) electrons. The first-order valence-corrected chi connectivity index (χ1v) is 7.24. The van der Waals surface area contributed by atoms with Crippen molar-refractivity contribution < 1.29 is 23.8 Å². The monoisotopic (exact) mass is 309 g/mol. The third-order valence-corrected chi connectivity index (χ3v) is 4.04. The number of halogens is 1. The van der Waals surface area contributed by atoms with Crippen LogP contribution in [0.25, 0.3) is 0 Å². The molecule has 1 fully saturated rings. The van der Waals surface area contributed by atoms with Crippen molar-refractivity contribution in [2.45, 2.75) is 31.7 Å². The minimum atomic E-state index is -1.09. The fraction of sp³-hybridized carbons (Fsp3) is 0.500. The number of aliphatic carboxylic acids is 1. The zero-order valence-electron chi connectivity index (χ0n) is 12.5. The van der Waals surface area contributed by atoms with Crippen LogP contribution in [0.15, 0.2) is 24.3 Å². The number of carbonyl (C=O) groups is 2. The van der Waals surface area contributed by atoms with Crippen LogP contribution in [0.4, 0.5) is 4.39 Å². The first kappa shape index (κ1) is 16.4. The SMILES string of the molecule is COCCC(NC(=O)C1(Cc2ccccc2F)CC1)C(=O)O. The lowest BCUT2D eigenvalue weighted by molar-refractivity contribution is -0.143. The van der Waals surface area contributed by atoms with Crippen molar-refractivity contribution in [2.75, 3.05) is 13.7 Å². The van der Waals surface area contributed by atoms with Crippen molar-refractivity contribution in [3.63, 3.8) is 0 Å². The highest BCUT2D eigenvalue weighted by atomic mass is 19.1. The molecule has 1 aromatic rings. The van der Waals surface area contributed by atoms with Gasteiger partial charge >= 0.3 is 5.97 Å². The number of methoxy groups -OCH3 is 1. The maximum absolute atomic E-state index is 13.7. The Morgan fingerprint density at radius 2 is 2.09 bits per heavy atom. The Labute approximate surface area is 128 Å². The molecular weight excluding hydrogens is 289 g/mol. The zero-order valence-corrected chi connectivity index (χ0v) is 12.5. The number of ether oxygens (including phenoxy) is 1. The molecule has 22 heavy (non-hydrogen) atoms. The van der Waals surface area contributed by atoms with Crippen LogP contribution in [-0.4, -0.2) is 36.7 Å². The van der Waals surface area contributed by atoms with Gasteiger partial charge in [0.05, 0.1) is 5.41 Å². The molecule has 2 rings (SSSR count). The minimum Gasteiger partial charge on any atom is -0.480 e. The number of hydrogen-bond donors (Lipinski definition) is 2. The number of rotatable bonds is 8. The number of carboxylic acids is 1. The maximum atomic E-state index is 13.7. The minimum absolute atomic E-state index is 0.202. The van der Waals surface area contributed by atoms with E-state index in [1.807, 2.05) is 0 Å². The molecule has 1 aliphatic rings. The van der Waals surface area contributed by atoms with Crippen LogP contribution in [0.3, 0.4) is 0 Å². The molecule has 1 unspecified atom stereocenters. The van der Waals surface area contributed by atoms with Gasteiger partial charge < -0.3 is 15.2 Å². The third kappa shape index (κ3) is 3.82. The summed E-state index contributed by atoms with van der Waals surface area (Å²) in [5.74, 6) is -1.75. The lowest BCUT2D eigenvalue weighted by Crippen LogP contribution is -2.45. The topological polar surface area (TPSA) is 75.6 Å². The number of carbonyl (C=O) groups excluding carboxylic acids is 1. The summed E-state index contributed by atoms with van der Waals surface area (Å²) in [6.07, 6.45) is 1.78. The molecule has 1 aromatic carbocycles. The van der Waals surface area contributed by atoms with Crippen LogP contribution >= 0.6 is 0 Å². The third-order valence-electron chi connectivity index (χ3n) is 4.04. The molecule has 1 saturated carbocycles. The average Bonchev–Trinajstić information content (AvgIpc) is 3.26. The highest BCUT2D eigenvalue weighted by molar-refractivity contribution is 5.89. The number of carboxylic acid groups (broad SMARTS) is 1. The number of hydrogen-bond acceptors (Lipinski definition) is 3. The molecule has 0 heterocycles. The average molecular weight is 309 g/mol. The fourth-order valence-corrected chi connectivity index (χ4v) is 2.45. The molecule has 1 atom stereocenters. The zero-order chi connectivity index (χ0) is 16.2. The fourth-order valence-electron chi connectivity index (χ4n) is 2.45. The molecule has 5 nitrogen and oxygen atoms in total. The van der Waals surface area contributed by atoms with Crippen molar-refractivity contribution in [3.8, 4) is 0 Å². The highest BCUT2D eigenvalue weighted by Gasteiger charge is 2.50. The largest absolute Gasteiger partial charge is 0.480 e. The van der Waals surface area contributed by atoms with E-state index in [4.69, 9.17) is 9.84 Å². The van der Waals surface area contributed by atoms with Crippen molar-refractivity contribution in [2.24, 2.45) is 5.41 Å². The van der Waals surface area contributed by atoms with Crippen LogP contribution in [0.2, 0.25) is 0 Å². The standard InChI is InChI=1S/C16H20FNO4/c1-22-9-6-13(14(19)20)18-15(21)16(7-8-16)10-11-4-2-3-5-12(11)17/h2-5,13H,6-10H2,1H3,(H,18,21)(H,19,20). The van der Waals surface area contributed by atoms with E-state index in [0.29, 0.717) is 24.8 Å². The van der Waals surface area contributed by atoms with E-state index < -0.39 is 17.4 Å². The molecule has 1 aliphatic carbocycles. The molecule has 120 valence electrons. The molecule has 0 aliphatic heterocycles. The quantitative estimate of drug-likeness (QED) is 0.767. The first-order valence-electron chi connectivity index (χ1n) is 7.24. The number of amides is 1. The molecular formula is C16H20FNO4. The summed E-state index contributed by atoms with van der Waals surface area (Å²) >= 11 is 0. The highest BCUT2D eigenvalue weighted by Crippen LogP contribution is 2.49. The molecule has 1 amide bonds. The molecule has 0 aromatic heterocycles. The van der Waals surface area contributed by atoms with Gasteiger partial charge in [0.1, 0.15) is 11.9 Å². The summed E-state index contributed by atoms with van der Waals surface area (Å²) in [6.45, 7) is 0.248.